The molecule has 1 saturated carbocycles. The first kappa shape index (κ1) is 16.0. The largest absolute Gasteiger partial charge is 0.337 e. The van der Waals surface area contributed by atoms with Gasteiger partial charge in [-0.2, -0.15) is 0 Å². The van der Waals surface area contributed by atoms with Gasteiger partial charge in [-0.25, -0.2) is 4.98 Å². The van der Waals surface area contributed by atoms with E-state index in [1.807, 2.05) is 35.5 Å². The van der Waals surface area contributed by atoms with Crippen LogP contribution in [0, 0.1) is 5.92 Å². The maximum atomic E-state index is 12.6. The number of imidazole rings is 1. The molecular formula is C19H27N3O. The summed E-state index contributed by atoms with van der Waals surface area (Å²) in [6.45, 7) is 3.45. The van der Waals surface area contributed by atoms with Crippen molar-refractivity contribution in [3.05, 3.63) is 36.3 Å². The second-order valence-electron chi connectivity index (χ2n) is 6.63. The van der Waals surface area contributed by atoms with Gasteiger partial charge in [0.25, 0.3) is 0 Å². The summed E-state index contributed by atoms with van der Waals surface area (Å²) in [5.74, 6) is 1.05. The van der Waals surface area contributed by atoms with Crippen molar-refractivity contribution in [3.8, 4) is 0 Å². The molecule has 0 unspecified atom stereocenters. The predicted octanol–water partition coefficient (Wildman–Crippen LogP) is 4.04. The molecule has 0 aliphatic heterocycles. The third-order valence-corrected chi connectivity index (χ3v) is 5.07. The van der Waals surface area contributed by atoms with E-state index < -0.39 is 0 Å². The number of amides is 1. The standard InChI is InChI=1S/C19H27N3O/c1-2-21(19(23)12-11-16-8-4-3-5-9-16)15-17-14-20-18-10-6-7-13-22(17)18/h6-7,10,13-14,16H,2-5,8-9,11-12,15H2,1H3. The van der Waals surface area contributed by atoms with Crippen LogP contribution in [0.3, 0.4) is 0 Å². The molecule has 0 bridgehead atoms. The summed E-state index contributed by atoms with van der Waals surface area (Å²) in [6, 6.07) is 5.98. The van der Waals surface area contributed by atoms with Gasteiger partial charge >= 0.3 is 0 Å². The third kappa shape index (κ3) is 3.92. The molecule has 1 amide bonds. The zero-order valence-electron chi connectivity index (χ0n) is 14.1. The van der Waals surface area contributed by atoms with E-state index in [-0.39, 0.29) is 5.91 Å². The van der Waals surface area contributed by atoms with E-state index in [0.29, 0.717) is 13.0 Å². The quantitative estimate of drug-likeness (QED) is 0.807. The monoisotopic (exact) mass is 313 g/mol. The second kappa shape index (κ2) is 7.62. The maximum Gasteiger partial charge on any atom is 0.222 e. The van der Waals surface area contributed by atoms with Gasteiger partial charge in [-0.1, -0.05) is 38.2 Å². The van der Waals surface area contributed by atoms with Crippen molar-refractivity contribution in [2.75, 3.05) is 6.54 Å². The van der Waals surface area contributed by atoms with Crippen LogP contribution in [0.4, 0.5) is 0 Å². The first-order valence-electron chi connectivity index (χ1n) is 8.96. The lowest BCUT2D eigenvalue weighted by atomic mass is 9.86. The highest BCUT2D eigenvalue weighted by molar-refractivity contribution is 5.76. The average Bonchev–Trinajstić information content (AvgIpc) is 3.01. The van der Waals surface area contributed by atoms with E-state index in [1.54, 1.807) is 0 Å². The van der Waals surface area contributed by atoms with Gasteiger partial charge in [0.15, 0.2) is 0 Å². The van der Waals surface area contributed by atoms with Gasteiger partial charge in [0.2, 0.25) is 5.91 Å². The predicted molar refractivity (Wildman–Crippen MR) is 92.1 cm³/mol. The van der Waals surface area contributed by atoms with Crippen LogP contribution < -0.4 is 0 Å². The van der Waals surface area contributed by atoms with Crippen LogP contribution in [-0.4, -0.2) is 26.7 Å². The first-order valence-corrected chi connectivity index (χ1v) is 8.96. The van der Waals surface area contributed by atoms with Crippen LogP contribution in [0.2, 0.25) is 0 Å². The first-order chi connectivity index (χ1) is 11.3. The van der Waals surface area contributed by atoms with E-state index in [9.17, 15) is 4.79 Å². The second-order valence-corrected chi connectivity index (χ2v) is 6.63. The molecule has 1 fully saturated rings. The molecule has 4 nitrogen and oxygen atoms in total. The molecule has 0 aromatic carbocycles. The van der Waals surface area contributed by atoms with Crippen molar-refractivity contribution in [1.82, 2.24) is 14.3 Å². The Morgan fingerprint density at radius 2 is 2.13 bits per heavy atom. The third-order valence-electron chi connectivity index (χ3n) is 5.07. The molecule has 1 aliphatic rings. The molecule has 0 radical (unpaired) electrons. The van der Waals surface area contributed by atoms with Crippen molar-refractivity contribution < 1.29 is 4.79 Å². The van der Waals surface area contributed by atoms with Gasteiger partial charge in [0.05, 0.1) is 18.4 Å². The number of hydrogen-bond donors (Lipinski definition) is 0. The Morgan fingerprint density at radius 1 is 1.30 bits per heavy atom. The minimum Gasteiger partial charge on any atom is -0.337 e. The lowest BCUT2D eigenvalue weighted by Gasteiger charge is -2.24. The fourth-order valence-corrected chi connectivity index (χ4v) is 3.64. The van der Waals surface area contributed by atoms with Crippen molar-refractivity contribution in [2.45, 2.75) is 58.4 Å². The molecule has 2 aromatic heterocycles. The number of hydrogen-bond acceptors (Lipinski definition) is 2. The molecule has 3 rings (SSSR count). The molecule has 0 saturated heterocycles. The van der Waals surface area contributed by atoms with E-state index >= 15 is 0 Å². The van der Waals surface area contributed by atoms with Crippen LogP contribution in [0.1, 0.15) is 57.6 Å². The van der Waals surface area contributed by atoms with E-state index in [2.05, 4.69) is 16.3 Å². The summed E-state index contributed by atoms with van der Waals surface area (Å²) in [4.78, 5) is 18.9. The number of carbonyl (C=O) groups is 1. The molecule has 2 heterocycles. The van der Waals surface area contributed by atoms with Crippen molar-refractivity contribution in [3.63, 3.8) is 0 Å². The topological polar surface area (TPSA) is 37.6 Å². The fraction of sp³-hybridized carbons (Fsp3) is 0.579. The summed E-state index contributed by atoms with van der Waals surface area (Å²) in [5, 5.41) is 0. The van der Waals surface area contributed by atoms with Gasteiger partial charge in [0, 0.05) is 19.2 Å². The summed E-state index contributed by atoms with van der Waals surface area (Å²) in [6.07, 6.45) is 12.3. The molecule has 124 valence electrons. The van der Waals surface area contributed by atoms with E-state index in [1.165, 1.54) is 32.1 Å². The van der Waals surface area contributed by atoms with Crippen LogP contribution in [-0.2, 0) is 11.3 Å². The number of fused-ring (bicyclic) bond motifs is 1. The molecule has 0 spiro atoms. The summed E-state index contributed by atoms with van der Waals surface area (Å²) in [7, 11) is 0. The molecule has 4 heteroatoms. The highest BCUT2D eigenvalue weighted by Crippen LogP contribution is 2.27. The Balaban J connectivity index is 1.59. The smallest absolute Gasteiger partial charge is 0.222 e. The number of rotatable bonds is 6. The number of nitrogens with zero attached hydrogens (tertiary/aromatic N) is 3. The Hall–Kier alpha value is -1.84. The maximum absolute atomic E-state index is 12.6. The average molecular weight is 313 g/mol. The van der Waals surface area contributed by atoms with Crippen molar-refractivity contribution in [2.24, 2.45) is 5.92 Å². The highest BCUT2D eigenvalue weighted by Gasteiger charge is 2.18. The van der Waals surface area contributed by atoms with Gasteiger partial charge in [-0.15, -0.1) is 0 Å². The Bertz CT molecular complexity index is 643. The van der Waals surface area contributed by atoms with Crippen molar-refractivity contribution >= 4 is 11.6 Å². The van der Waals surface area contributed by atoms with Gasteiger partial charge in [-0.3, -0.25) is 4.79 Å². The number of pyridine rings is 1. The Labute approximate surface area is 138 Å². The zero-order chi connectivity index (χ0) is 16.1. The van der Waals surface area contributed by atoms with Crippen molar-refractivity contribution in [1.29, 1.82) is 0 Å². The summed E-state index contributed by atoms with van der Waals surface area (Å²) < 4.78 is 2.07. The Morgan fingerprint density at radius 3 is 2.91 bits per heavy atom. The number of carbonyl (C=O) groups excluding carboxylic acids is 1. The van der Waals surface area contributed by atoms with Crippen LogP contribution in [0.5, 0.6) is 0 Å². The van der Waals surface area contributed by atoms with Crippen LogP contribution >= 0.6 is 0 Å². The lowest BCUT2D eigenvalue weighted by Crippen LogP contribution is -2.31. The number of aromatic nitrogens is 2. The normalized spacial score (nSPS) is 15.9. The zero-order valence-corrected chi connectivity index (χ0v) is 14.1. The lowest BCUT2D eigenvalue weighted by molar-refractivity contribution is -0.132. The minimum absolute atomic E-state index is 0.281. The summed E-state index contributed by atoms with van der Waals surface area (Å²) in [5.41, 5.74) is 2.02. The Kier molecular flexibility index (Phi) is 5.31. The molecule has 0 atom stereocenters. The highest BCUT2D eigenvalue weighted by atomic mass is 16.2. The molecule has 23 heavy (non-hydrogen) atoms. The SMILES string of the molecule is CCN(Cc1cnc2ccccn12)C(=O)CCC1CCCCC1. The molecule has 0 N–H and O–H groups in total. The van der Waals surface area contributed by atoms with Crippen LogP contribution in [0.25, 0.3) is 5.65 Å². The molecule has 2 aromatic rings. The van der Waals surface area contributed by atoms with Gasteiger partial charge in [-0.05, 0) is 31.4 Å². The van der Waals surface area contributed by atoms with Gasteiger partial charge in [0.1, 0.15) is 5.65 Å². The fourth-order valence-electron chi connectivity index (χ4n) is 3.64. The minimum atomic E-state index is 0.281. The van der Waals surface area contributed by atoms with E-state index in [0.717, 1.165) is 30.2 Å². The van der Waals surface area contributed by atoms with Gasteiger partial charge < -0.3 is 9.30 Å². The van der Waals surface area contributed by atoms with E-state index in [4.69, 9.17) is 0 Å². The summed E-state index contributed by atoms with van der Waals surface area (Å²) >= 11 is 0. The molecule has 1 aliphatic carbocycles. The molecular weight excluding hydrogens is 286 g/mol. The van der Waals surface area contributed by atoms with Crippen LogP contribution in [0.15, 0.2) is 30.6 Å².